The second kappa shape index (κ2) is 17.9. The van der Waals surface area contributed by atoms with Gasteiger partial charge < -0.3 is 20.1 Å². The van der Waals surface area contributed by atoms with E-state index in [0.717, 1.165) is 32.1 Å². The maximum atomic E-state index is 10.8. The third-order valence-corrected chi connectivity index (χ3v) is 3.83. The first-order valence-corrected chi connectivity index (χ1v) is 9.74. The minimum Gasteiger partial charge on any atom is -0.504 e. The lowest BCUT2D eigenvalue weighted by atomic mass is 10.1. The topological polar surface area (TPSA) is 87.0 Å². The molecular formula is C23H34O5. The fraction of sp³-hybridized carbons (Fsp3) is 0.435. The third-order valence-electron chi connectivity index (χ3n) is 3.83. The predicted octanol–water partition coefficient (Wildman–Crippen LogP) is 5.38. The Balaban J connectivity index is 4.12. The molecule has 156 valence electrons. The number of rotatable bonds is 14. The zero-order valence-electron chi connectivity index (χ0n) is 17.0. The van der Waals surface area contributed by atoms with Crippen molar-refractivity contribution in [3.63, 3.8) is 0 Å². The molecule has 3 N–H and O–H groups in total. The molecule has 0 aromatic carbocycles. The van der Waals surface area contributed by atoms with E-state index in [9.17, 15) is 20.1 Å². The molecule has 28 heavy (non-hydrogen) atoms. The van der Waals surface area contributed by atoms with Crippen molar-refractivity contribution in [3.8, 4) is 0 Å². The van der Waals surface area contributed by atoms with Crippen LogP contribution < -0.4 is 0 Å². The number of aliphatic hydroxyl groups is 3. The Labute approximate surface area is 168 Å². The van der Waals surface area contributed by atoms with Gasteiger partial charge in [0.1, 0.15) is 0 Å². The van der Waals surface area contributed by atoms with Crippen molar-refractivity contribution in [2.45, 2.75) is 58.0 Å². The molecule has 0 aliphatic rings. The molecule has 1 atom stereocenters. The predicted molar refractivity (Wildman–Crippen MR) is 114 cm³/mol. The average molecular weight is 391 g/mol. The highest BCUT2D eigenvalue weighted by Gasteiger charge is 2.02. The normalized spacial score (nSPS) is 14.7. The summed E-state index contributed by atoms with van der Waals surface area (Å²) in [5, 5.41) is 29.2. The van der Waals surface area contributed by atoms with Crippen LogP contribution in [0.25, 0.3) is 0 Å². The van der Waals surface area contributed by atoms with E-state index < -0.39 is 5.97 Å². The molecule has 0 radical (unpaired) electrons. The molecule has 5 heteroatoms. The summed E-state index contributed by atoms with van der Waals surface area (Å²) in [6, 6.07) is 0. The zero-order valence-corrected chi connectivity index (χ0v) is 17.0. The minimum atomic E-state index is -0.470. The number of hydrogen-bond acceptors (Lipinski definition) is 5. The van der Waals surface area contributed by atoms with E-state index in [-0.39, 0.29) is 17.6 Å². The van der Waals surface area contributed by atoms with E-state index in [4.69, 9.17) is 0 Å². The molecular weight excluding hydrogens is 356 g/mol. The summed E-state index contributed by atoms with van der Waals surface area (Å²) < 4.78 is 4.43. The van der Waals surface area contributed by atoms with Crippen molar-refractivity contribution in [1.82, 2.24) is 0 Å². The summed E-state index contributed by atoms with van der Waals surface area (Å²) >= 11 is 0. The lowest BCUT2D eigenvalue weighted by molar-refractivity contribution is -0.134. The van der Waals surface area contributed by atoms with Crippen LogP contribution in [-0.2, 0) is 9.53 Å². The number of allylic oxidation sites excluding steroid dienone is 9. The van der Waals surface area contributed by atoms with Crippen LogP contribution >= 0.6 is 0 Å². The Morgan fingerprint density at radius 1 is 0.893 bits per heavy atom. The van der Waals surface area contributed by atoms with E-state index in [1.54, 1.807) is 12.2 Å². The number of hydrogen-bond donors (Lipinski definition) is 3. The number of methoxy groups -OCH3 is 1. The monoisotopic (exact) mass is 390 g/mol. The summed E-state index contributed by atoms with van der Waals surface area (Å²) in [7, 11) is 1.29. The Morgan fingerprint density at radius 2 is 1.50 bits per heavy atom. The Kier molecular flexibility index (Phi) is 16.2. The zero-order chi connectivity index (χ0) is 21.0. The average Bonchev–Trinajstić information content (AvgIpc) is 2.69. The van der Waals surface area contributed by atoms with Crippen LogP contribution in [-0.4, -0.2) is 34.5 Å². The van der Waals surface area contributed by atoms with Crippen LogP contribution in [0.4, 0.5) is 0 Å². The van der Waals surface area contributed by atoms with Gasteiger partial charge in [-0.15, -0.1) is 0 Å². The molecule has 0 amide bonds. The largest absolute Gasteiger partial charge is 0.504 e. The minimum absolute atomic E-state index is 0.199. The van der Waals surface area contributed by atoms with Crippen LogP contribution in [0.15, 0.2) is 72.3 Å². The summed E-state index contributed by atoms with van der Waals surface area (Å²) in [6.07, 6.45) is 22.4. The fourth-order valence-electron chi connectivity index (χ4n) is 2.22. The molecule has 0 spiro atoms. The summed E-state index contributed by atoms with van der Waals surface area (Å²) in [5.74, 6) is -1.02. The summed E-state index contributed by atoms with van der Waals surface area (Å²) in [4.78, 5) is 10.8. The van der Waals surface area contributed by atoms with Gasteiger partial charge in [0.25, 0.3) is 0 Å². The Morgan fingerprint density at radius 3 is 2.11 bits per heavy atom. The highest BCUT2D eigenvalue weighted by molar-refractivity contribution is 5.82. The number of unbranched alkanes of at least 4 members (excludes halogenated alkanes) is 3. The number of ether oxygens (including phenoxy) is 1. The fourth-order valence-corrected chi connectivity index (χ4v) is 2.22. The Bertz CT molecular complexity index is 594. The van der Waals surface area contributed by atoms with E-state index in [2.05, 4.69) is 11.7 Å². The molecule has 0 aromatic heterocycles. The first-order valence-electron chi connectivity index (χ1n) is 9.74. The van der Waals surface area contributed by atoms with Crippen molar-refractivity contribution in [1.29, 1.82) is 0 Å². The lowest BCUT2D eigenvalue weighted by Gasteiger charge is -2.08. The highest BCUT2D eigenvalue weighted by atomic mass is 16.5. The maximum Gasteiger partial charge on any atom is 0.330 e. The van der Waals surface area contributed by atoms with Crippen molar-refractivity contribution >= 4 is 5.97 Å². The molecule has 0 aliphatic carbocycles. The van der Waals surface area contributed by atoms with Crippen LogP contribution in [0.3, 0.4) is 0 Å². The van der Waals surface area contributed by atoms with Gasteiger partial charge in [-0.25, -0.2) is 4.79 Å². The van der Waals surface area contributed by atoms with E-state index in [0.29, 0.717) is 0 Å². The summed E-state index contributed by atoms with van der Waals surface area (Å²) in [6.45, 7) is 2.15. The molecule has 0 heterocycles. The first-order chi connectivity index (χ1) is 13.5. The summed E-state index contributed by atoms with van der Waals surface area (Å²) in [5.41, 5.74) is 0. The molecule has 0 fully saturated rings. The smallest absolute Gasteiger partial charge is 0.330 e. The van der Waals surface area contributed by atoms with Gasteiger partial charge >= 0.3 is 5.97 Å². The second-order valence-electron chi connectivity index (χ2n) is 6.26. The number of aliphatic hydroxyl groups excluding tert-OH is 3. The van der Waals surface area contributed by atoms with E-state index in [1.807, 2.05) is 12.2 Å². The van der Waals surface area contributed by atoms with E-state index in [1.165, 1.54) is 56.4 Å². The van der Waals surface area contributed by atoms with Crippen molar-refractivity contribution in [2.75, 3.05) is 7.11 Å². The number of carbonyl (C=O) groups excluding carboxylic acids is 1. The van der Waals surface area contributed by atoms with Crippen LogP contribution in [0, 0.1) is 0 Å². The molecule has 0 aliphatic heterocycles. The number of esters is 1. The maximum absolute atomic E-state index is 10.8. The standard InChI is InChI=1S/C23H34O5/c1-3-4-10-15-20(24)16-11-7-5-6-8-12-17-21(25)22(26)18-13-9-14-19-23(27)28-2/h5-6,8-9,12-14,17-20,24-26H,3-4,7,10-11,15-16H2,1-2H3/b6-5-,12-8+,13-9-,19-14+,21-17+,22-18-/t20-/m1/s1. The molecule has 0 unspecified atom stereocenters. The van der Waals surface area contributed by atoms with Gasteiger partial charge in [0.15, 0.2) is 11.5 Å². The highest BCUT2D eigenvalue weighted by Crippen LogP contribution is 2.10. The second-order valence-corrected chi connectivity index (χ2v) is 6.26. The van der Waals surface area contributed by atoms with Gasteiger partial charge in [-0.05, 0) is 37.8 Å². The molecule has 0 bridgehead atoms. The van der Waals surface area contributed by atoms with Crippen molar-refractivity contribution in [2.24, 2.45) is 0 Å². The molecule has 0 saturated heterocycles. The van der Waals surface area contributed by atoms with Gasteiger partial charge in [-0.3, -0.25) is 0 Å². The SMILES string of the molecule is CCCCC[C@@H](O)CCC\C=C/C=C/C=C(O)\C(O)=C\C=C/C=C/C(=O)OC. The molecule has 5 nitrogen and oxygen atoms in total. The van der Waals surface area contributed by atoms with Gasteiger partial charge in [0.05, 0.1) is 13.2 Å². The van der Waals surface area contributed by atoms with Crippen molar-refractivity contribution in [3.05, 3.63) is 72.3 Å². The van der Waals surface area contributed by atoms with Gasteiger partial charge in [0, 0.05) is 6.08 Å². The Hall–Kier alpha value is -2.53. The van der Waals surface area contributed by atoms with Gasteiger partial charge in [-0.2, -0.15) is 0 Å². The molecule has 0 saturated carbocycles. The quantitative estimate of drug-likeness (QED) is 0.122. The van der Waals surface area contributed by atoms with Gasteiger partial charge in [-0.1, -0.05) is 68.7 Å². The molecule has 0 rings (SSSR count). The van der Waals surface area contributed by atoms with Crippen molar-refractivity contribution < 1.29 is 24.9 Å². The van der Waals surface area contributed by atoms with E-state index >= 15 is 0 Å². The molecule has 0 aromatic rings. The third kappa shape index (κ3) is 15.7. The van der Waals surface area contributed by atoms with Gasteiger partial charge in [0.2, 0.25) is 0 Å². The van der Waals surface area contributed by atoms with Crippen LogP contribution in [0.1, 0.15) is 51.9 Å². The van der Waals surface area contributed by atoms with Crippen LogP contribution in [0.5, 0.6) is 0 Å². The first kappa shape index (κ1) is 25.5. The number of carbonyl (C=O) groups is 1. The lowest BCUT2D eigenvalue weighted by Crippen LogP contribution is -2.05. The van der Waals surface area contributed by atoms with Crippen LogP contribution in [0.2, 0.25) is 0 Å².